The number of carbonyl (C=O) groups is 1. The monoisotopic (exact) mass is 433 g/mol. The fourth-order valence-electron chi connectivity index (χ4n) is 3.28. The zero-order chi connectivity index (χ0) is 21.7. The molecule has 2 aromatic rings. The summed E-state index contributed by atoms with van der Waals surface area (Å²) in [5.41, 5.74) is 1.57. The van der Waals surface area contributed by atoms with E-state index in [-0.39, 0.29) is 12.5 Å². The van der Waals surface area contributed by atoms with Gasteiger partial charge in [0, 0.05) is 32.2 Å². The van der Waals surface area contributed by atoms with E-state index in [0.717, 1.165) is 5.56 Å². The predicted molar refractivity (Wildman–Crippen MR) is 115 cm³/mol. The van der Waals surface area contributed by atoms with Gasteiger partial charge < -0.3 is 14.8 Å². The van der Waals surface area contributed by atoms with Crippen molar-refractivity contribution in [3.63, 3.8) is 0 Å². The SMILES string of the molecule is COc1ccc(NC(=O)CN2CCN(S(=O)(=O)c3ccc(C)cc3)CC2)c(OC)c1. The summed E-state index contributed by atoms with van der Waals surface area (Å²) in [5.74, 6) is 0.959. The van der Waals surface area contributed by atoms with Gasteiger partial charge in [-0.25, -0.2) is 8.42 Å². The van der Waals surface area contributed by atoms with Gasteiger partial charge in [-0.3, -0.25) is 9.69 Å². The highest BCUT2D eigenvalue weighted by Gasteiger charge is 2.29. The smallest absolute Gasteiger partial charge is 0.243 e. The van der Waals surface area contributed by atoms with E-state index >= 15 is 0 Å². The number of hydrogen-bond acceptors (Lipinski definition) is 6. The van der Waals surface area contributed by atoms with E-state index in [0.29, 0.717) is 48.3 Å². The van der Waals surface area contributed by atoms with Gasteiger partial charge in [0.15, 0.2) is 0 Å². The van der Waals surface area contributed by atoms with Gasteiger partial charge in [-0.15, -0.1) is 0 Å². The number of piperazine rings is 1. The number of nitrogens with one attached hydrogen (secondary N) is 1. The number of benzene rings is 2. The largest absolute Gasteiger partial charge is 0.497 e. The molecule has 1 saturated heterocycles. The second-order valence-corrected chi connectivity index (χ2v) is 9.05. The summed E-state index contributed by atoms with van der Waals surface area (Å²) in [7, 11) is -0.430. The molecule has 1 aliphatic rings. The van der Waals surface area contributed by atoms with Crippen LogP contribution in [0.2, 0.25) is 0 Å². The average molecular weight is 434 g/mol. The molecular weight excluding hydrogens is 406 g/mol. The minimum absolute atomic E-state index is 0.174. The first-order valence-corrected chi connectivity index (χ1v) is 11.1. The van der Waals surface area contributed by atoms with Gasteiger partial charge in [0.25, 0.3) is 0 Å². The van der Waals surface area contributed by atoms with Gasteiger partial charge in [0.05, 0.1) is 31.3 Å². The van der Waals surface area contributed by atoms with E-state index < -0.39 is 10.0 Å². The average Bonchev–Trinajstić information content (AvgIpc) is 2.74. The topological polar surface area (TPSA) is 88.2 Å². The first kappa shape index (κ1) is 22.1. The number of nitrogens with zero attached hydrogens (tertiary/aromatic N) is 2. The maximum Gasteiger partial charge on any atom is 0.243 e. The molecule has 8 nitrogen and oxygen atoms in total. The summed E-state index contributed by atoms with van der Waals surface area (Å²) in [6, 6.07) is 12.0. The number of amides is 1. The molecular formula is C21H27N3O5S. The number of ether oxygens (including phenoxy) is 2. The lowest BCUT2D eigenvalue weighted by molar-refractivity contribution is -0.117. The van der Waals surface area contributed by atoms with E-state index in [9.17, 15) is 13.2 Å². The van der Waals surface area contributed by atoms with Crippen molar-refractivity contribution >= 4 is 21.6 Å². The molecule has 2 aromatic carbocycles. The second-order valence-electron chi connectivity index (χ2n) is 7.11. The van der Waals surface area contributed by atoms with Crippen LogP contribution < -0.4 is 14.8 Å². The normalized spacial score (nSPS) is 15.6. The Hall–Kier alpha value is -2.62. The van der Waals surface area contributed by atoms with Crippen LogP contribution in [0.5, 0.6) is 11.5 Å². The highest BCUT2D eigenvalue weighted by Crippen LogP contribution is 2.29. The molecule has 0 radical (unpaired) electrons. The van der Waals surface area contributed by atoms with E-state index in [1.165, 1.54) is 11.4 Å². The number of rotatable bonds is 7. The molecule has 0 aliphatic carbocycles. The number of hydrogen-bond donors (Lipinski definition) is 1. The molecule has 1 fully saturated rings. The molecule has 3 rings (SSSR count). The van der Waals surface area contributed by atoms with Gasteiger partial charge in [-0.05, 0) is 31.2 Å². The summed E-state index contributed by atoms with van der Waals surface area (Å²) in [5, 5.41) is 2.84. The Labute approximate surface area is 177 Å². The van der Waals surface area contributed by atoms with Crippen molar-refractivity contribution in [3.05, 3.63) is 48.0 Å². The molecule has 9 heteroatoms. The Morgan fingerprint density at radius 1 is 1.00 bits per heavy atom. The Balaban J connectivity index is 1.55. The Kier molecular flexibility index (Phi) is 6.96. The molecule has 162 valence electrons. The molecule has 1 heterocycles. The van der Waals surface area contributed by atoms with Crippen molar-refractivity contribution in [2.45, 2.75) is 11.8 Å². The first-order chi connectivity index (χ1) is 14.3. The molecule has 0 spiro atoms. The van der Waals surface area contributed by atoms with Crippen LogP contribution in [-0.2, 0) is 14.8 Å². The number of anilines is 1. The summed E-state index contributed by atoms with van der Waals surface area (Å²) in [6.07, 6.45) is 0. The Bertz CT molecular complexity index is 984. The fraction of sp³-hybridized carbons (Fsp3) is 0.381. The molecule has 0 atom stereocenters. The van der Waals surface area contributed by atoms with Crippen LogP contribution >= 0.6 is 0 Å². The molecule has 1 aliphatic heterocycles. The zero-order valence-corrected chi connectivity index (χ0v) is 18.2. The van der Waals surface area contributed by atoms with Crippen molar-refractivity contribution in [2.75, 3.05) is 52.3 Å². The van der Waals surface area contributed by atoms with Gasteiger partial charge in [0.2, 0.25) is 15.9 Å². The van der Waals surface area contributed by atoms with Crippen molar-refractivity contribution in [1.82, 2.24) is 9.21 Å². The fourth-order valence-corrected chi connectivity index (χ4v) is 4.70. The third-order valence-electron chi connectivity index (χ3n) is 5.04. The van der Waals surface area contributed by atoms with Gasteiger partial charge in [-0.1, -0.05) is 17.7 Å². The van der Waals surface area contributed by atoms with Crippen LogP contribution in [0.1, 0.15) is 5.56 Å². The van der Waals surface area contributed by atoms with Crippen molar-refractivity contribution in [3.8, 4) is 11.5 Å². The van der Waals surface area contributed by atoms with E-state index in [1.807, 2.05) is 11.8 Å². The standard InChI is InChI=1S/C21H27N3O5S/c1-16-4-7-18(8-5-16)30(26,27)24-12-10-23(11-13-24)15-21(25)22-19-9-6-17(28-2)14-20(19)29-3/h4-9,14H,10-13,15H2,1-3H3,(H,22,25). The predicted octanol–water partition coefficient (Wildman–Crippen LogP) is 1.96. The molecule has 0 saturated carbocycles. The minimum atomic E-state index is -3.52. The highest BCUT2D eigenvalue weighted by atomic mass is 32.2. The van der Waals surface area contributed by atoms with Crippen LogP contribution in [0.3, 0.4) is 0 Å². The van der Waals surface area contributed by atoms with Crippen LogP contribution in [0.4, 0.5) is 5.69 Å². The van der Waals surface area contributed by atoms with E-state index in [1.54, 1.807) is 49.6 Å². The quantitative estimate of drug-likeness (QED) is 0.718. The van der Waals surface area contributed by atoms with Gasteiger partial charge in [0.1, 0.15) is 11.5 Å². The molecule has 0 aromatic heterocycles. The summed E-state index contributed by atoms with van der Waals surface area (Å²) >= 11 is 0. The Morgan fingerprint density at radius 3 is 2.27 bits per heavy atom. The van der Waals surface area contributed by atoms with Crippen molar-refractivity contribution in [2.24, 2.45) is 0 Å². The third-order valence-corrected chi connectivity index (χ3v) is 6.95. The van der Waals surface area contributed by atoms with Gasteiger partial charge >= 0.3 is 0 Å². The van der Waals surface area contributed by atoms with Gasteiger partial charge in [-0.2, -0.15) is 4.31 Å². The van der Waals surface area contributed by atoms with Crippen LogP contribution in [0.25, 0.3) is 0 Å². The Morgan fingerprint density at radius 2 is 1.67 bits per heavy atom. The number of methoxy groups -OCH3 is 2. The molecule has 1 amide bonds. The summed E-state index contributed by atoms with van der Waals surface area (Å²) in [4.78, 5) is 14.7. The third kappa shape index (κ3) is 5.10. The molecule has 0 unspecified atom stereocenters. The second kappa shape index (κ2) is 9.46. The molecule has 0 bridgehead atoms. The van der Waals surface area contributed by atoms with Crippen molar-refractivity contribution < 1.29 is 22.7 Å². The number of carbonyl (C=O) groups excluding carboxylic acids is 1. The maximum atomic E-state index is 12.8. The zero-order valence-electron chi connectivity index (χ0n) is 17.4. The minimum Gasteiger partial charge on any atom is -0.497 e. The summed E-state index contributed by atoms with van der Waals surface area (Å²) < 4.78 is 37.5. The lowest BCUT2D eigenvalue weighted by Crippen LogP contribution is -2.50. The lowest BCUT2D eigenvalue weighted by atomic mass is 10.2. The van der Waals surface area contributed by atoms with E-state index in [4.69, 9.17) is 9.47 Å². The molecule has 30 heavy (non-hydrogen) atoms. The van der Waals surface area contributed by atoms with Crippen molar-refractivity contribution in [1.29, 1.82) is 0 Å². The van der Waals surface area contributed by atoms with E-state index in [2.05, 4.69) is 5.32 Å². The molecule has 1 N–H and O–H groups in total. The summed E-state index contributed by atoms with van der Waals surface area (Å²) in [6.45, 7) is 3.75. The van der Waals surface area contributed by atoms with Crippen LogP contribution in [0.15, 0.2) is 47.4 Å². The highest BCUT2D eigenvalue weighted by molar-refractivity contribution is 7.89. The maximum absolute atomic E-state index is 12.8. The number of sulfonamides is 1. The number of aryl methyl sites for hydroxylation is 1. The van der Waals surface area contributed by atoms with Crippen LogP contribution in [0, 0.1) is 6.92 Å². The lowest BCUT2D eigenvalue weighted by Gasteiger charge is -2.33. The van der Waals surface area contributed by atoms with Crippen LogP contribution in [-0.4, -0.2) is 70.5 Å². The first-order valence-electron chi connectivity index (χ1n) is 9.64.